The number of amides is 1. The fourth-order valence-electron chi connectivity index (χ4n) is 1.07. The van der Waals surface area contributed by atoms with Crippen molar-refractivity contribution in [1.82, 2.24) is 0 Å². The lowest BCUT2D eigenvalue weighted by Gasteiger charge is -2.05. The van der Waals surface area contributed by atoms with Crippen LogP contribution in [0, 0.1) is 11.6 Å². The topological polar surface area (TPSA) is 64.3 Å². The van der Waals surface area contributed by atoms with Crippen molar-refractivity contribution in [2.45, 2.75) is 0 Å². The molecule has 3 N–H and O–H groups in total. The summed E-state index contributed by atoms with van der Waals surface area (Å²) in [4.78, 5) is 11.2. The number of nitrogens with one attached hydrogen (secondary N) is 1. The van der Waals surface area contributed by atoms with Gasteiger partial charge in [0.25, 0.3) is 0 Å². The zero-order chi connectivity index (χ0) is 12.0. The van der Waals surface area contributed by atoms with E-state index < -0.39 is 17.5 Å². The average Bonchev–Trinajstić information content (AvgIpc) is 2.16. The van der Waals surface area contributed by atoms with Gasteiger partial charge in [0.1, 0.15) is 18.2 Å². The van der Waals surface area contributed by atoms with Crippen LogP contribution in [0.25, 0.3) is 0 Å². The van der Waals surface area contributed by atoms with Crippen molar-refractivity contribution in [2.24, 2.45) is 5.73 Å². The predicted octanol–water partition coefficient (Wildman–Crippen LogP) is 0.879. The summed E-state index contributed by atoms with van der Waals surface area (Å²) in [5.74, 6) is -1.99. The number of hydrogen-bond acceptors (Lipinski definition) is 3. The van der Waals surface area contributed by atoms with Gasteiger partial charge in [0.2, 0.25) is 5.91 Å². The molecule has 0 radical (unpaired) electrons. The minimum absolute atomic E-state index is 0.0545. The molecule has 1 aromatic rings. The zero-order valence-electron chi connectivity index (χ0n) is 8.50. The molecule has 1 rings (SSSR count). The smallest absolute Gasteiger partial charge is 0.250 e. The number of ether oxygens (including phenoxy) is 1. The number of carbonyl (C=O) groups is 1. The molecular weight excluding hydrogens is 218 g/mol. The van der Waals surface area contributed by atoms with E-state index in [4.69, 9.17) is 10.5 Å². The van der Waals surface area contributed by atoms with E-state index in [0.29, 0.717) is 6.54 Å². The number of benzene rings is 1. The highest BCUT2D eigenvalue weighted by Gasteiger charge is 2.05. The number of rotatable bonds is 5. The van der Waals surface area contributed by atoms with E-state index in [1.165, 1.54) is 0 Å². The fourth-order valence-corrected chi connectivity index (χ4v) is 1.07. The molecule has 4 nitrogen and oxygen atoms in total. The van der Waals surface area contributed by atoms with E-state index in [9.17, 15) is 13.6 Å². The van der Waals surface area contributed by atoms with Crippen LogP contribution in [0.4, 0.5) is 14.5 Å². The van der Waals surface area contributed by atoms with Gasteiger partial charge in [-0.05, 0) is 12.1 Å². The van der Waals surface area contributed by atoms with Crippen molar-refractivity contribution >= 4 is 11.6 Å². The summed E-state index contributed by atoms with van der Waals surface area (Å²) in [6.07, 6.45) is 0. The van der Waals surface area contributed by atoms with Crippen LogP contribution in [0.5, 0.6) is 0 Å². The maximum atomic E-state index is 12.7. The van der Waals surface area contributed by atoms with Crippen molar-refractivity contribution in [3.8, 4) is 0 Å². The molecule has 0 aromatic heterocycles. The Kier molecular flexibility index (Phi) is 4.81. The summed E-state index contributed by atoms with van der Waals surface area (Å²) in [6.45, 7) is 0.363. The summed E-state index contributed by atoms with van der Waals surface area (Å²) >= 11 is 0. The van der Waals surface area contributed by atoms with Gasteiger partial charge < -0.3 is 15.8 Å². The molecule has 0 aliphatic carbocycles. The Morgan fingerprint density at radius 2 is 1.94 bits per heavy atom. The Balaban J connectivity index is 2.49. The van der Waals surface area contributed by atoms with Crippen LogP contribution >= 0.6 is 0 Å². The van der Waals surface area contributed by atoms with E-state index in [1.807, 2.05) is 0 Å². The number of carbonyl (C=O) groups excluding carboxylic acids is 1. The predicted molar refractivity (Wildman–Crippen MR) is 54.9 cm³/mol. The van der Waals surface area contributed by atoms with Gasteiger partial charge in [-0.1, -0.05) is 0 Å². The van der Waals surface area contributed by atoms with Crippen molar-refractivity contribution in [1.29, 1.82) is 0 Å². The number of nitrogens with two attached hydrogens (primary N) is 1. The standard InChI is InChI=1S/C10H12F2N2O2/c11-7-3-8(12)5-9(4-7)14-10(15)6-16-2-1-13/h3-5H,1-2,6,13H2,(H,14,15). The summed E-state index contributed by atoms with van der Waals surface area (Å²) in [6, 6.07) is 2.76. The minimum Gasteiger partial charge on any atom is -0.370 e. The highest BCUT2D eigenvalue weighted by atomic mass is 19.1. The Morgan fingerprint density at radius 1 is 1.31 bits per heavy atom. The minimum atomic E-state index is -0.752. The van der Waals surface area contributed by atoms with E-state index in [1.54, 1.807) is 0 Å². The van der Waals surface area contributed by atoms with Gasteiger partial charge in [-0.2, -0.15) is 0 Å². The van der Waals surface area contributed by atoms with E-state index >= 15 is 0 Å². The van der Waals surface area contributed by atoms with Crippen LogP contribution in [0.1, 0.15) is 0 Å². The summed E-state index contributed by atoms with van der Waals surface area (Å²) in [7, 11) is 0. The Bertz CT molecular complexity index is 352. The molecule has 0 bridgehead atoms. The fraction of sp³-hybridized carbons (Fsp3) is 0.300. The van der Waals surface area contributed by atoms with Gasteiger partial charge >= 0.3 is 0 Å². The average molecular weight is 230 g/mol. The van der Waals surface area contributed by atoms with Crippen LogP contribution < -0.4 is 11.1 Å². The van der Waals surface area contributed by atoms with Crippen molar-refractivity contribution in [2.75, 3.05) is 25.1 Å². The first kappa shape index (κ1) is 12.5. The third-order valence-electron chi connectivity index (χ3n) is 1.64. The number of halogens is 2. The lowest BCUT2D eigenvalue weighted by molar-refractivity contribution is -0.120. The Morgan fingerprint density at radius 3 is 2.50 bits per heavy atom. The van der Waals surface area contributed by atoms with Gasteiger partial charge in [-0.15, -0.1) is 0 Å². The molecule has 0 aliphatic rings. The SMILES string of the molecule is NCCOCC(=O)Nc1cc(F)cc(F)c1. The quantitative estimate of drug-likeness (QED) is 0.738. The van der Waals surface area contributed by atoms with E-state index in [-0.39, 0.29) is 18.9 Å². The van der Waals surface area contributed by atoms with Gasteiger partial charge in [0.15, 0.2) is 0 Å². The maximum Gasteiger partial charge on any atom is 0.250 e. The third-order valence-corrected chi connectivity index (χ3v) is 1.64. The third kappa shape index (κ3) is 4.33. The summed E-state index contributed by atoms with van der Waals surface area (Å²) in [5, 5.41) is 2.30. The first-order valence-corrected chi connectivity index (χ1v) is 4.65. The molecule has 1 aromatic carbocycles. The van der Waals surface area contributed by atoms with Crippen LogP contribution in [-0.2, 0) is 9.53 Å². The number of hydrogen-bond donors (Lipinski definition) is 2. The van der Waals surface area contributed by atoms with Crippen LogP contribution in [0.15, 0.2) is 18.2 Å². The Labute approximate surface area is 91.4 Å². The van der Waals surface area contributed by atoms with E-state index in [2.05, 4.69) is 5.32 Å². The molecule has 0 atom stereocenters. The number of anilines is 1. The largest absolute Gasteiger partial charge is 0.370 e. The van der Waals surface area contributed by atoms with Gasteiger partial charge in [-0.3, -0.25) is 4.79 Å². The molecule has 0 heterocycles. The molecule has 0 aliphatic heterocycles. The molecule has 0 unspecified atom stereocenters. The molecule has 0 saturated carbocycles. The summed E-state index contributed by atoms with van der Waals surface area (Å²) in [5.41, 5.74) is 5.21. The van der Waals surface area contributed by atoms with Crippen molar-refractivity contribution in [3.63, 3.8) is 0 Å². The highest BCUT2D eigenvalue weighted by molar-refractivity contribution is 5.91. The van der Waals surface area contributed by atoms with Crippen LogP contribution in [0.2, 0.25) is 0 Å². The van der Waals surface area contributed by atoms with Crippen molar-refractivity contribution in [3.05, 3.63) is 29.8 Å². The van der Waals surface area contributed by atoms with Crippen LogP contribution in [-0.4, -0.2) is 25.7 Å². The molecule has 0 spiro atoms. The molecule has 16 heavy (non-hydrogen) atoms. The second-order valence-electron chi connectivity index (χ2n) is 3.05. The monoisotopic (exact) mass is 230 g/mol. The molecular formula is C10H12F2N2O2. The first-order chi connectivity index (χ1) is 7.61. The molecule has 6 heteroatoms. The van der Waals surface area contributed by atoms with Gasteiger partial charge in [0.05, 0.1) is 6.61 Å². The lowest BCUT2D eigenvalue weighted by Crippen LogP contribution is -2.20. The van der Waals surface area contributed by atoms with Crippen molar-refractivity contribution < 1.29 is 18.3 Å². The summed E-state index contributed by atoms with van der Waals surface area (Å²) < 4.78 is 30.3. The second kappa shape index (κ2) is 6.14. The zero-order valence-corrected chi connectivity index (χ0v) is 8.50. The molecule has 1 amide bonds. The van der Waals surface area contributed by atoms with E-state index in [0.717, 1.165) is 18.2 Å². The normalized spacial score (nSPS) is 10.2. The van der Waals surface area contributed by atoms with Gasteiger partial charge in [-0.25, -0.2) is 8.78 Å². The van der Waals surface area contributed by atoms with Crippen LogP contribution in [0.3, 0.4) is 0 Å². The highest BCUT2D eigenvalue weighted by Crippen LogP contribution is 2.12. The second-order valence-corrected chi connectivity index (χ2v) is 3.05. The maximum absolute atomic E-state index is 12.7. The molecule has 88 valence electrons. The molecule has 0 saturated heterocycles. The molecule has 0 fully saturated rings. The first-order valence-electron chi connectivity index (χ1n) is 4.65. The van der Waals surface area contributed by atoms with Gasteiger partial charge in [0, 0.05) is 18.3 Å². The Hall–Kier alpha value is -1.53. The lowest BCUT2D eigenvalue weighted by atomic mass is 10.3.